The van der Waals surface area contributed by atoms with E-state index < -0.39 is 0 Å². The molecule has 0 bridgehead atoms. The van der Waals surface area contributed by atoms with E-state index in [4.69, 9.17) is 27.9 Å². The molecule has 0 atom stereocenters. The largest absolute Gasteiger partial charge is 0.490 e. The Balaban J connectivity index is 1.93. The first-order valence-electron chi connectivity index (χ1n) is 6.58. The normalized spacial score (nSPS) is 10.3. The zero-order valence-electron chi connectivity index (χ0n) is 11.4. The maximum absolute atomic E-state index is 6.06. The monoisotopic (exact) mass is 309 g/mol. The lowest BCUT2D eigenvalue weighted by Crippen LogP contribution is -2.28. The average molecular weight is 310 g/mol. The molecule has 0 aliphatic heterocycles. The first-order chi connectivity index (χ1) is 9.70. The molecule has 0 saturated carbocycles. The van der Waals surface area contributed by atoms with Crippen molar-refractivity contribution in [1.29, 1.82) is 0 Å². The van der Waals surface area contributed by atoms with E-state index >= 15 is 0 Å². The second-order valence-corrected chi connectivity index (χ2v) is 5.18. The van der Waals surface area contributed by atoms with Gasteiger partial charge in [0.1, 0.15) is 12.4 Å². The fraction of sp³-hybridized carbons (Fsp3) is 0.250. The Morgan fingerprint density at radius 3 is 2.55 bits per heavy atom. The number of halogens is 2. The Kier molecular flexibility index (Phi) is 5.57. The van der Waals surface area contributed by atoms with Crippen LogP contribution in [0.25, 0.3) is 0 Å². The summed E-state index contributed by atoms with van der Waals surface area (Å²) in [5.41, 5.74) is 1.10. The molecule has 0 aliphatic carbocycles. The lowest BCUT2D eigenvalue weighted by atomic mass is 10.3. The van der Waals surface area contributed by atoms with Crippen LogP contribution in [0.15, 0.2) is 48.5 Å². The van der Waals surface area contributed by atoms with Crippen LogP contribution < -0.4 is 9.64 Å². The molecule has 0 amide bonds. The van der Waals surface area contributed by atoms with Crippen LogP contribution in [-0.2, 0) is 0 Å². The number of hydrogen-bond acceptors (Lipinski definition) is 2. The van der Waals surface area contributed by atoms with Crippen molar-refractivity contribution in [3.8, 4) is 5.75 Å². The molecule has 0 heterocycles. The number of ether oxygens (including phenoxy) is 1. The summed E-state index contributed by atoms with van der Waals surface area (Å²) < 4.78 is 5.71. The van der Waals surface area contributed by atoms with Gasteiger partial charge in [0, 0.05) is 17.3 Å². The number of para-hydroxylation sites is 1. The molecular weight excluding hydrogens is 293 g/mol. The van der Waals surface area contributed by atoms with Gasteiger partial charge >= 0.3 is 0 Å². The van der Waals surface area contributed by atoms with Crippen molar-refractivity contribution in [1.82, 2.24) is 0 Å². The summed E-state index contributed by atoms with van der Waals surface area (Å²) in [4.78, 5) is 2.21. The molecule has 2 nitrogen and oxygen atoms in total. The lowest BCUT2D eigenvalue weighted by molar-refractivity contribution is 0.324. The van der Waals surface area contributed by atoms with E-state index in [1.54, 1.807) is 0 Å². The minimum atomic E-state index is 0.573. The molecule has 0 N–H and O–H groups in total. The molecule has 2 aromatic rings. The van der Waals surface area contributed by atoms with Gasteiger partial charge in [-0.05, 0) is 37.3 Å². The lowest BCUT2D eigenvalue weighted by Gasteiger charge is -2.23. The van der Waals surface area contributed by atoms with Crippen molar-refractivity contribution >= 4 is 28.9 Å². The van der Waals surface area contributed by atoms with E-state index in [0.29, 0.717) is 11.6 Å². The van der Waals surface area contributed by atoms with E-state index in [1.807, 2.05) is 48.5 Å². The van der Waals surface area contributed by atoms with Crippen LogP contribution in [0.2, 0.25) is 10.0 Å². The number of rotatable bonds is 6. The Morgan fingerprint density at radius 1 is 1.05 bits per heavy atom. The van der Waals surface area contributed by atoms with Crippen LogP contribution in [-0.4, -0.2) is 19.7 Å². The summed E-state index contributed by atoms with van der Waals surface area (Å²) in [6.07, 6.45) is 0. The fourth-order valence-corrected chi connectivity index (χ4v) is 2.35. The van der Waals surface area contributed by atoms with Gasteiger partial charge in [-0.3, -0.25) is 0 Å². The number of nitrogens with zero attached hydrogens (tertiary/aromatic N) is 1. The molecule has 0 spiro atoms. The van der Waals surface area contributed by atoms with Gasteiger partial charge in [0.15, 0.2) is 0 Å². The molecule has 0 aliphatic rings. The Labute approximate surface area is 129 Å². The van der Waals surface area contributed by atoms with Crippen LogP contribution in [0.5, 0.6) is 5.75 Å². The van der Waals surface area contributed by atoms with E-state index in [1.165, 1.54) is 0 Å². The van der Waals surface area contributed by atoms with Gasteiger partial charge in [-0.2, -0.15) is 0 Å². The second kappa shape index (κ2) is 7.41. The summed E-state index contributed by atoms with van der Waals surface area (Å²) in [5, 5.41) is 1.38. The van der Waals surface area contributed by atoms with Gasteiger partial charge < -0.3 is 9.64 Å². The fourth-order valence-electron chi connectivity index (χ4n) is 1.97. The predicted molar refractivity (Wildman–Crippen MR) is 86.3 cm³/mol. The number of anilines is 1. The van der Waals surface area contributed by atoms with Crippen molar-refractivity contribution in [2.75, 3.05) is 24.6 Å². The highest BCUT2D eigenvalue weighted by molar-refractivity contribution is 6.32. The number of benzene rings is 2. The van der Waals surface area contributed by atoms with Crippen LogP contribution in [0.3, 0.4) is 0 Å². The van der Waals surface area contributed by atoms with Crippen molar-refractivity contribution in [2.45, 2.75) is 6.92 Å². The quantitative estimate of drug-likeness (QED) is 0.752. The molecule has 0 fully saturated rings. The summed E-state index contributed by atoms with van der Waals surface area (Å²) in [7, 11) is 0. The third kappa shape index (κ3) is 4.06. The standard InChI is InChI=1S/C16H17Cl2NO/c1-2-19(14-7-5-6-13(17)12-14)10-11-20-16-9-4-3-8-15(16)18/h3-9,12H,2,10-11H2,1H3. The molecule has 0 aromatic heterocycles. The highest BCUT2D eigenvalue weighted by atomic mass is 35.5. The van der Waals surface area contributed by atoms with E-state index in [-0.39, 0.29) is 0 Å². The van der Waals surface area contributed by atoms with Crippen LogP contribution in [0.4, 0.5) is 5.69 Å². The first kappa shape index (κ1) is 15.0. The molecule has 0 unspecified atom stereocenters. The van der Waals surface area contributed by atoms with Crippen LogP contribution in [0.1, 0.15) is 6.92 Å². The molecule has 0 saturated heterocycles. The summed E-state index contributed by atoms with van der Waals surface area (Å²) >= 11 is 12.1. The molecule has 4 heteroatoms. The van der Waals surface area contributed by atoms with Crippen molar-refractivity contribution < 1.29 is 4.74 Å². The Hall–Kier alpha value is -1.38. The van der Waals surface area contributed by atoms with Gasteiger partial charge in [0.25, 0.3) is 0 Å². The van der Waals surface area contributed by atoms with Crippen molar-refractivity contribution in [3.05, 3.63) is 58.6 Å². The van der Waals surface area contributed by atoms with Gasteiger partial charge in [0.05, 0.1) is 11.6 Å². The molecule has 106 valence electrons. The van der Waals surface area contributed by atoms with Crippen LogP contribution >= 0.6 is 23.2 Å². The van der Waals surface area contributed by atoms with Gasteiger partial charge in [-0.1, -0.05) is 41.4 Å². The predicted octanol–water partition coefficient (Wildman–Crippen LogP) is 4.90. The third-order valence-electron chi connectivity index (χ3n) is 3.01. The molecule has 2 aromatic carbocycles. The highest BCUT2D eigenvalue weighted by Gasteiger charge is 2.06. The highest BCUT2D eigenvalue weighted by Crippen LogP contribution is 2.23. The summed E-state index contributed by atoms with van der Waals surface area (Å²) in [5.74, 6) is 0.719. The van der Waals surface area contributed by atoms with Gasteiger partial charge in [-0.25, -0.2) is 0 Å². The smallest absolute Gasteiger partial charge is 0.137 e. The molecule has 0 radical (unpaired) electrons. The maximum atomic E-state index is 6.06. The summed E-state index contributed by atoms with van der Waals surface area (Å²) in [6, 6.07) is 15.3. The number of hydrogen-bond donors (Lipinski definition) is 0. The molecular formula is C16H17Cl2NO. The zero-order chi connectivity index (χ0) is 14.4. The SMILES string of the molecule is CCN(CCOc1ccccc1Cl)c1cccc(Cl)c1. The third-order valence-corrected chi connectivity index (χ3v) is 3.56. The molecule has 2 rings (SSSR count). The van der Waals surface area contributed by atoms with Crippen molar-refractivity contribution in [2.24, 2.45) is 0 Å². The zero-order valence-corrected chi connectivity index (χ0v) is 12.9. The number of likely N-dealkylation sites (N-methyl/N-ethyl adjacent to an activating group) is 1. The van der Waals surface area contributed by atoms with Crippen molar-refractivity contribution in [3.63, 3.8) is 0 Å². The van der Waals surface area contributed by atoms with E-state index in [0.717, 1.165) is 29.5 Å². The topological polar surface area (TPSA) is 12.5 Å². The Bertz CT molecular complexity index is 560. The van der Waals surface area contributed by atoms with E-state index in [9.17, 15) is 0 Å². The van der Waals surface area contributed by atoms with Gasteiger partial charge in [0.2, 0.25) is 0 Å². The minimum Gasteiger partial charge on any atom is -0.490 e. The Morgan fingerprint density at radius 2 is 1.85 bits per heavy atom. The van der Waals surface area contributed by atoms with E-state index in [2.05, 4.69) is 11.8 Å². The summed E-state index contributed by atoms with van der Waals surface area (Å²) in [6.45, 7) is 4.36. The van der Waals surface area contributed by atoms with Gasteiger partial charge in [-0.15, -0.1) is 0 Å². The maximum Gasteiger partial charge on any atom is 0.137 e. The first-order valence-corrected chi connectivity index (χ1v) is 7.34. The molecule has 20 heavy (non-hydrogen) atoms. The van der Waals surface area contributed by atoms with Crippen LogP contribution in [0, 0.1) is 0 Å². The minimum absolute atomic E-state index is 0.573. The average Bonchev–Trinajstić information content (AvgIpc) is 2.45. The second-order valence-electron chi connectivity index (χ2n) is 4.34.